The van der Waals surface area contributed by atoms with Crippen LogP contribution in [0.4, 0.5) is 5.69 Å². The highest BCUT2D eigenvalue weighted by Gasteiger charge is 2.54. The van der Waals surface area contributed by atoms with Crippen LogP contribution in [-0.4, -0.2) is 37.0 Å². The van der Waals surface area contributed by atoms with Crippen molar-refractivity contribution in [3.63, 3.8) is 0 Å². The quantitative estimate of drug-likeness (QED) is 0.894. The number of rotatable bonds is 2. The minimum atomic E-state index is -0.913. The van der Waals surface area contributed by atoms with Gasteiger partial charge in [-0.05, 0) is 31.4 Å². The van der Waals surface area contributed by atoms with Crippen LogP contribution in [0, 0.1) is 16.7 Å². The molecule has 4 heteroatoms. The van der Waals surface area contributed by atoms with Gasteiger partial charge in [-0.1, -0.05) is 18.2 Å². The van der Waals surface area contributed by atoms with E-state index in [0.29, 0.717) is 32.5 Å². The fraction of sp³-hybridized carbons (Fsp3) is 0.562. The summed E-state index contributed by atoms with van der Waals surface area (Å²) in [7, 11) is 0. The second-order valence-electron chi connectivity index (χ2n) is 5.85. The molecular formula is C16H20N2O2. The highest BCUT2D eigenvalue weighted by molar-refractivity contribution is 5.46. The Morgan fingerprint density at radius 1 is 1.15 bits per heavy atom. The van der Waals surface area contributed by atoms with Crippen molar-refractivity contribution in [2.45, 2.75) is 24.9 Å². The maximum atomic E-state index is 11.0. The second kappa shape index (κ2) is 5.08. The first-order chi connectivity index (χ1) is 9.69. The Balaban J connectivity index is 1.73. The van der Waals surface area contributed by atoms with Crippen molar-refractivity contribution in [2.24, 2.45) is 5.41 Å². The fourth-order valence-electron chi connectivity index (χ4n) is 3.38. The molecule has 106 valence electrons. The first-order valence-corrected chi connectivity index (χ1v) is 7.21. The zero-order valence-corrected chi connectivity index (χ0v) is 11.6. The number of benzene rings is 1. The SMILES string of the molecule is N#CC1(C2(O)CCN(c3ccccc3)CC2)CCOC1. The van der Waals surface area contributed by atoms with Gasteiger partial charge in [-0.25, -0.2) is 0 Å². The standard InChI is InChI=1S/C16H20N2O2/c17-12-15(8-11-20-13-15)16(19)6-9-18(10-7-16)14-4-2-1-3-5-14/h1-5,19H,6-11,13H2. The van der Waals surface area contributed by atoms with Gasteiger partial charge in [-0.3, -0.25) is 0 Å². The van der Waals surface area contributed by atoms with Gasteiger partial charge >= 0.3 is 0 Å². The number of nitriles is 1. The predicted molar refractivity (Wildman–Crippen MR) is 76.3 cm³/mol. The van der Waals surface area contributed by atoms with Crippen molar-refractivity contribution >= 4 is 5.69 Å². The lowest BCUT2D eigenvalue weighted by Gasteiger charge is -2.45. The van der Waals surface area contributed by atoms with Crippen molar-refractivity contribution < 1.29 is 9.84 Å². The molecule has 2 fully saturated rings. The number of aliphatic hydroxyl groups is 1. The summed E-state index contributed by atoms with van der Waals surface area (Å²) in [5, 5.41) is 20.5. The molecule has 20 heavy (non-hydrogen) atoms. The van der Waals surface area contributed by atoms with Crippen LogP contribution in [0.15, 0.2) is 30.3 Å². The summed E-state index contributed by atoms with van der Waals surface area (Å²) >= 11 is 0. The minimum absolute atomic E-state index is 0.366. The lowest BCUT2D eigenvalue weighted by Crippen LogP contribution is -2.55. The molecule has 1 aromatic carbocycles. The monoisotopic (exact) mass is 272 g/mol. The van der Waals surface area contributed by atoms with E-state index in [9.17, 15) is 10.4 Å². The molecule has 0 saturated carbocycles. The topological polar surface area (TPSA) is 56.5 Å². The number of ether oxygens (including phenoxy) is 1. The molecule has 0 bridgehead atoms. The molecule has 0 spiro atoms. The molecule has 0 aliphatic carbocycles. The molecule has 0 radical (unpaired) electrons. The molecular weight excluding hydrogens is 252 g/mol. The van der Waals surface area contributed by atoms with Gasteiger partial charge in [0.05, 0.1) is 18.3 Å². The van der Waals surface area contributed by atoms with E-state index in [4.69, 9.17) is 4.74 Å². The summed E-state index contributed by atoms with van der Waals surface area (Å²) in [4.78, 5) is 2.27. The molecule has 2 heterocycles. The molecule has 1 unspecified atom stereocenters. The third-order valence-electron chi connectivity index (χ3n) is 4.84. The third kappa shape index (κ3) is 2.07. The number of nitrogens with zero attached hydrogens (tertiary/aromatic N) is 2. The molecule has 0 amide bonds. The first-order valence-electron chi connectivity index (χ1n) is 7.21. The smallest absolute Gasteiger partial charge is 0.111 e. The van der Waals surface area contributed by atoms with Gasteiger partial charge in [0.15, 0.2) is 0 Å². The van der Waals surface area contributed by atoms with E-state index in [1.165, 1.54) is 5.69 Å². The lowest BCUT2D eigenvalue weighted by atomic mass is 9.67. The van der Waals surface area contributed by atoms with E-state index in [1.807, 2.05) is 18.2 Å². The van der Waals surface area contributed by atoms with Crippen molar-refractivity contribution in [1.82, 2.24) is 0 Å². The molecule has 4 nitrogen and oxygen atoms in total. The zero-order valence-electron chi connectivity index (χ0n) is 11.6. The van der Waals surface area contributed by atoms with Crippen molar-refractivity contribution in [3.05, 3.63) is 30.3 Å². The fourth-order valence-corrected chi connectivity index (χ4v) is 3.38. The largest absolute Gasteiger partial charge is 0.388 e. The van der Waals surface area contributed by atoms with Gasteiger partial charge in [0.2, 0.25) is 0 Å². The lowest BCUT2D eigenvalue weighted by molar-refractivity contribution is -0.0751. The van der Waals surface area contributed by atoms with Crippen LogP contribution in [0.1, 0.15) is 19.3 Å². The Bertz CT molecular complexity index is 495. The highest BCUT2D eigenvalue weighted by atomic mass is 16.5. The van der Waals surface area contributed by atoms with Crippen LogP contribution in [0.5, 0.6) is 0 Å². The molecule has 1 aromatic rings. The maximum absolute atomic E-state index is 11.0. The zero-order chi connectivity index (χ0) is 14.1. The van der Waals surface area contributed by atoms with E-state index in [1.54, 1.807) is 0 Å². The van der Waals surface area contributed by atoms with Gasteiger partial charge < -0.3 is 14.7 Å². The van der Waals surface area contributed by atoms with Crippen molar-refractivity contribution in [3.8, 4) is 6.07 Å². The number of hydrogen-bond acceptors (Lipinski definition) is 4. The molecule has 2 aliphatic heterocycles. The normalized spacial score (nSPS) is 29.1. The van der Waals surface area contributed by atoms with Gasteiger partial charge in [-0.15, -0.1) is 0 Å². The van der Waals surface area contributed by atoms with E-state index in [0.717, 1.165) is 13.1 Å². The van der Waals surface area contributed by atoms with E-state index in [2.05, 4.69) is 23.1 Å². The Kier molecular flexibility index (Phi) is 3.41. The third-order valence-corrected chi connectivity index (χ3v) is 4.84. The Morgan fingerprint density at radius 2 is 1.85 bits per heavy atom. The van der Waals surface area contributed by atoms with Crippen LogP contribution in [0.2, 0.25) is 0 Å². The van der Waals surface area contributed by atoms with E-state index in [-0.39, 0.29) is 0 Å². The number of hydrogen-bond donors (Lipinski definition) is 1. The molecule has 0 aromatic heterocycles. The predicted octanol–water partition coefficient (Wildman–Crippen LogP) is 1.95. The number of para-hydroxylation sites is 1. The summed E-state index contributed by atoms with van der Waals surface area (Å²) in [6, 6.07) is 12.6. The summed E-state index contributed by atoms with van der Waals surface area (Å²) in [5.41, 5.74) is -0.442. The Morgan fingerprint density at radius 3 is 2.40 bits per heavy atom. The summed E-state index contributed by atoms with van der Waals surface area (Å²) in [6.45, 7) is 2.51. The average molecular weight is 272 g/mol. The number of piperidine rings is 1. The molecule has 1 N–H and O–H groups in total. The van der Waals surface area contributed by atoms with Gasteiger partial charge in [0, 0.05) is 25.4 Å². The Labute approximate surface area is 119 Å². The summed E-state index contributed by atoms with van der Waals surface area (Å²) in [6.07, 6.45) is 1.89. The van der Waals surface area contributed by atoms with Crippen LogP contribution >= 0.6 is 0 Å². The Hall–Kier alpha value is -1.57. The van der Waals surface area contributed by atoms with Crippen molar-refractivity contribution in [1.29, 1.82) is 5.26 Å². The van der Waals surface area contributed by atoms with Crippen LogP contribution < -0.4 is 4.90 Å². The molecule has 2 saturated heterocycles. The van der Waals surface area contributed by atoms with Crippen LogP contribution in [0.25, 0.3) is 0 Å². The van der Waals surface area contributed by atoms with Crippen LogP contribution in [-0.2, 0) is 4.74 Å². The second-order valence-corrected chi connectivity index (χ2v) is 5.85. The summed E-state index contributed by atoms with van der Waals surface area (Å²) < 4.78 is 5.39. The molecule has 1 atom stereocenters. The molecule has 2 aliphatic rings. The summed E-state index contributed by atoms with van der Waals surface area (Å²) in [5.74, 6) is 0. The van der Waals surface area contributed by atoms with E-state index >= 15 is 0 Å². The maximum Gasteiger partial charge on any atom is 0.111 e. The van der Waals surface area contributed by atoms with Gasteiger partial charge in [0.25, 0.3) is 0 Å². The highest BCUT2D eigenvalue weighted by Crippen LogP contribution is 2.45. The minimum Gasteiger partial charge on any atom is -0.388 e. The number of anilines is 1. The molecule has 3 rings (SSSR count). The van der Waals surface area contributed by atoms with Gasteiger partial charge in [0.1, 0.15) is 5.41 Å². The van der Waals surface area contributed by atoms with Crippen LogP contribution in [0.3, 0.4) is 0 Å². The van der Waals surface area contributed by atoms with Gasteiger partial charge in [-0.2, -0.15) is 5.26 Å². The first kappa shape index (κ1) is 13.4. The average Bonchev–Trinajstić information content (AvgIpc) is 3.00. The van der Waals surface area contributed by atoms with E-state index < -0.39 is 11.0 Å². The van der Waals surface area contributed by atoms with Crippen molar-refractivity contribution in [2.75, 3.05) is 31.2 Å².